The number of hydrogen-bond donors (Lipinski definition) is 1. The van der Waals surface area contributed by atoms with E-state index in [1.807, 2.05) is 18.2 Å². The van der Waals surface area contributed by atoms with Crippen LogP contribution in [0.5, 0.6) is 0 Å². The average Bonchev–Trinajstić information content (AvgIpc) is 2.87. The first-order valence-corrected chi connectivity index (χ1v) is 9.35. The standard InChI is InChI=1S/C14H19N3O2S2/c1-3-7-11(2)13-15-16-14(20-13)17-21(18,19)10-12-8-5-4-6-9-12/h4-6,8-9,11H,3,7,10H2,1-2H3,(H,16,17)/t11-/m0/s1. The molecule has 0 spiro atoms. The van der Waals surface area contributed by atoms with Gasteiger partial charge in [0.2, 0.25) is 15.2 Å². The lowest BCUT2D eigenvalue weighted by Gasteiger charge is -2.05. The largest absolute Gasteiger partial charge is 0.257 e. The van der Waals surface area contributed by atoms with Crippen molar-refractivity contribution in [2.45, 2.75) is 38.4 Å². The smallest absolute Gasteiger partial charge is 0.238 e. The maximum Gasteiger partial charge on any atom is 0.238 e. The fraction of sp³-hybridized carbons (Fsp3) is 0.429. The molecule has 0 amide bonds. The van der Waals surface area contributed by atoms with Gasteiger partial charge in [-0.2, -0.15) is 0 Å². The van der Waals surface area contributed by atoms with Crippen LogP contribution in [0.3, 0.4) is 0 Å². The molecule has 114 valence electrons. The zero-order valence-electron chi connectivity index (χ0n) is 12.1. The van der Waals surface area contributed by atoms with Gasteiger partial charge in [-0.3, -0.25) is 4.72 Å². The lowest BCUT2D eigenvalue weighted by Crippen LogP contribution is -2.14. The number of rotatable bonds is 7. The number of nitrogens with one attached hydrogen (secondary N) is 1. The number of nitrogens with zero attached hydrogens (tertiary/aromatic N) is 2. The topological polar surface area (TPSA) is 72.0 Å². The molecule has 0 aliphatic rings. The van der Waals surface area contributed by atoms with E-state index in [9.17, 15) is 8.42 Å². The Bertz CT molecular complexity index is 669. The third-order valence-corrected chi connectivity index (χ3v) is 5.44. The minimum absolute atomic E-state index is 0.0622. The quantitative estimate of drug-likeness (QED) is 0.847. The van der Waals surface area contributed by atoms with E-state index in [2.05, 4.69) is 28.8 Å². The molecular weight excluding hydrogens is 306 g/mol. The number of benzene rings is 1. The van der Waals surface area contributed by atoms with Gasteiger partial charge < -0.3 is 0 Å². The Morgan fingerprint density at radius 1 is 1.24 bits per heavy atom. The molecule has 21 heavy (non-hydrogen) atoms. The summed E-state index contributed by atoms with van der Waals surface area (Å²) in [6, 6.07) is 9.07. The van der Waals surface area contributed by atoms with Gasteiger partial charge >= 0.3 is 0 Å². The Labute approximate surface area is 129 Å². The highest BCUT2D eigenvalue weighted by atomic mass is 32.2. The van der Waals surface area contributed by atoms with Crippen LogP contribution < -0.4 is 4.72 Å². The number of aromatic nitrogens is 2. The summed E-state index contributed by atoms with van der Waals surface area (Å²) in [5.74, 6) is 0.243. The van der Waals surface area contributed by atoms with Crippen LogP contribution in [0.2, 0.25) is 0 Å². The predicted octanol–water partition coefficient (Wildman–Crippen LogP) is 3.38. The van der Waals surface area contributed by atoms with E-state index < -0.39 is 10.0 Å². The molecule has 1 aromatic carbocycles. The van der Waals surface area contributed by atoms with Crippen molar-refractivity contribution in [2.75, 3.05) is 4.72 Å². The molecule has 1 aromatic heterocycles. The van der Waals surface area contributed by atoms with Crippen molar-refractivity contribution in [1.82, 2.24) is 10.2 Å². The molecule has 0 radical (unpaired) electrons. The van der Waals surface area contributed by atoms with Crippen molar-refractivity contribution in [2.24, 2.45) is 0 Å². The van der Waals surface area contributed by atoms with Crippen molar-refractivity contribution in [3.63, 3.8) is 0 Å². The van der Waals surface area contributed by atoms with E-state index in [0.29, 0.717) is 11.0 Å². The van der Waals surface area contributed by atoms with E-state index in [4.69, 9.17) is 0 Å². The summed E-state index contributed by atoms with van der Waals surface area (Å²) in [6.07, 6.45) is 2.08. The second-order valence-electron chi connectivity index (χ2n) is 4.98. The van der Waals surface area contributed by atoms with Gasteiger partial charge in [0.05, 0.1) is 5.75 Å². The maximum absolute atomic E-state index is 12.1. The van der Waals surface area contributed by atoms with Crippen molar-refractivity contribution in [3.05, 3.63) is 40.9 Å². The highest BCUT2D eigenvalue weighted by Gasteiger charge is 2.16. The SMILES string of the molecule is CCC[C@H](C)c1nnc(NS(=O)(=O)Cc2ccccc2)s1. The minimum Gasteiger partial charge on any atom is -0.257 e. The molecule has 7 heteroatoms. The molecule has 0 aliphatic carbocycles. The molecule has 0 unspecified atom stereocenters. The summed E-state index contributed by atoms with van der Waals surface area (Å²) in [6.45, 7) is 4.19. The van der Waals surface area contributed by atoms with E-state index in [1.54, 1.807) is 12.1 Å². The van der Waals surface area contributed by atoms with Gasteiger partial charge in [-0.15, -0.1) is 10.2 Å². The summed E-state index contributed by atoms with van der Waals surface area (Å²) in [5.41, 5.74) is 0.745. The van der Waals surface area contributed by atoms with Crippen LogP contribution in [0.25, 0.3) is 0 Å². The van der Waals surface area contributed by atoms with Gasteiger partial charge in [0.1, 0.15) is 5.01 Å². The molecule has 0 aliphatic heterocycles. The van der Waals surface area contributed by atoms with Crippen molar-refractivity contribution >= 4 is 26.5 Å². The first-order valence-electron chi connectivity index (χ1n) is 6.88. The number of anilines is 1. The van der Waals surface area contributed by atoms with Crippen LogP contribution in [-0.4, -0.2) is 18.6 Å². The molecule has 0 saturated carbocycles. The van der Waals surface area contributed by atoms with Crippen LogP contribution >= 0.6 is 11.3 Å². The monoisotopic (exact) mass is 325 g/mol. The highest BCUT2D eigenvalue weighted by Crippen LogP contribution is 2.27. The Hall–Kier alpha value is -1.47. The molecule has 5 nitrogen and oxygen atoms in total. The van der Waals surface area contributed by atoms with Gasteiger partial charge in [-0.05, 0) is 12.0 Å². The lowest BCUT2D eigenvalue weighted by atomic mass is 10.1. The minimum atomic E-state index is -3.45. The Balaban J connectivity index is 2.04. The first kappa shape index (κ1) is 15.9. The summed E-state index contributed by atoms with van der Waals surface area (Å²) in [4.78, 5) is 0. The Morgan fingerprint density at radius 3 is 2.62 bits per heavy atom. The van der Waals surface area contributed by atoms with E-state index in [0.717, 1.165) is 23.4 Å². The number of hydrogen-bond acceptors (Lipinski definition) is 5. The molecular formula is C14H19N3O2S2. The fourth-order valence-corrected chi connectivity index (χ4v) is 4.23. The van der Waals surface area contributed by atoms with E-state index in [1.165, 1.54) is 11.3 Å². The van der Waals surface area contributed by atoms with Crippen LogP contribution in [0.15, 0.2) is 30.3 Å². The zero-order valence-corrected chi connectivity index (χ0v) is 13.7. The molecule has 0 bridgehead atoms. The average molecular weight is 325 g/mol. The normalized spacial score (nSPS) is 13.0. The van der Waals surface area contributed by atoms with Gasteiger partial charge in [0.15, 0.2) is 0 Å². The first-order chi connectivity index (χ1) is 10.00. The predicted molar refractivity (Wildman–Crippen MR) is 85.9 cm³/mol. The second-order valence-corrected chi connectivity index (χ2v) is 7.71. The molecule has 1 heterocycles. The van der Waals surface area contributed by atoms with Crippen LogP contribution in [-0.2, 0) is 15.8 Å². The lowest BCUT2D eigenvalue weighted by molar-refractivity contribution is 0.600. The number of sulfonamides is 1. The van der Waals surface area contributed by atoms with Gasteiger partial charge in [0, 0.05) is 5.92 Å². The third-order valence-electron chi connectivity index (χ3n) is 3.03. The Kier molecular flexibility index (Phi) is 5.30. The zero-order chi connectivity index (χ0) is 15.3. The second kappa shape index (κ2) is 7.00. The molecule has 1 atom stereocenters. The van der Waals surface area contributed by atoms with Crippen molar-refractivity contribution < 1.29 is 8.42 Å². The van der Waals surface area contributed by atoms with Gasteiger partial charge in [-0.1, -0.05) is 61.9 Å². The van der Waals surface area contributed by atoms with Crippen LogP contribution in [0.4, 0.5) is 5.13 Å². The maximum atomic E-state index is 12.1. The van der Waals surface area contributed by atoms with Crippen LogP contribution in [0, 0.1) is 0 Å². The van der Waals surface area contributed by atoms with Crippen molar-refractivity contribution in [3.8, 4) is 0 Å². The fourth-order valence-electron chi connectivity index (χ4n) is 1.99. The Morgan fingerprint density at radius 2 is 1.95 bits per heavy atom. The van der Waals surface area contributed by atoms with Crippen LogP contribution in [0.1, 0.15) is 43.2 Å². The summed E-state index contributed by atoms with van der Waals surface area (Å²) < 4.78 is 26.7. The highest BCUT2D eigenvalue weighted by molar-refractivity contribution is 7.92. The summed E-state index contributed by atoms with van der Waals surface area (Å²) in [5, 5.41) is 9.20. The molecule has 2 aromatic rings. The van der Waals surface area contributed by atoms with Gasteiger partial charge in [0.25, 0.3) is 0 Å². The summed E-state index contributed by atoms with van der Waals surface area (Å²) in [7, 11) is -3.45. The summed E-state index contributed by atoms with van der Waals surface area (Å²) >= 11 is 1.31. The molecule has 0 saturated heterocycles. The third kappa shape index (κ3) is 4.78. The van der Waals surface area contributed by atoms with Crippen molar-refractivity contribution in [1.29, 1.82) is 0 Å². The molecule has 1 N–H and O–H groups in total. The molecule has 2 rings (SSSR count). The van der Waals surface area contributed by atoms with Gasteiger partial charge in [-0.25, -0.2) is 8.42 Å². The van der Waals surface area contributed by atoms with E-state index in [-0.39, 0.29) is 5.75 Å². The molecule has 0 fully saturated rings. The van der Waals surface area contributed by atoms with E-state index >= 15 is 0 Å².